The van der Waals surface area contributed by atoms with E-state index in [1.807, 2.05) is 53.9 Å². The van der Waals surface area contributed by atoms with E-state index in [1.54, 1.807) is 18.3 Å². The molecule has 4 aromatic rings. The van der Waals surface area contributed by atoms with Crippen LogP contribution in [0.1, 0.15) is 16.7 Å². The number of rotatable bonds is 4. The van der Waals surface area contributed by atoms with Crippen molar-refractivity contribution in [3.63, 3.8) is 0 Å². The van der Waals surface area contributed by atoms with E-state index in [-0.39, 0.29) is 11.7 Å². The molecule has 0 saturated carbocycles. The number of hydrogen-bond acceptors (Lipinski definition) is 5. The van der Waals surface area contributed by atoms with Gasteiger partial charge in [-0.3, -0.25) is 0 Å². The molecule has 0 spiro atoms. The lowest BCUT2D eigenvalue weighted by atomic mass is 10.0. The number of amidine groups is 2. The zero-order valence-corrected chi connectivity index (χ0v) is 16.2. The second kappa shape index (κ2) is 7.59. The number of nitrogens with zero attached hydrogens (tertiary/aromatic N) is 4. The maximum Gasteiger partial charge on any atom is 0.171 e. The van der Waals surface area contributed by atoms with E-state index in [0.717, 1.165) is 33.6 Å². The lowest BCUT2D eigenvalue weighted by molar-refractivity contribution is 0.318. The van der Waals surface area contributed by atoms with Crippen LogP contribution in [0.4, 0.5) is 0 Å². The fourth-order valence-electron chi connectivity index (χ4n) is 3.35. The van der Waals surface area contributed by atoms with Crippen molar-refractivity contribution in [3.8, 4) is 22.4 Å². The maximum atomic E-state index is 8.95. The van der Waals surface area contributed by atoms with E-state index in [4.69, 9.17) is 26.9 Å². The molecule has 4 rings (SSSR count). The molecular weight excluding hydrogens is 380 g/mol. The van der Waals surface area contributed by atoms with Crippen LogP contribution in [0, 0.1) is 6.92 Å². The summed E-state index contributed by atoms with van der Waals surface area (Å²) in [5, 5.41) is 23.8. The van der Waals surface area contributed by atoms with Crippen molar-refractivity contribution in [2.75, 3.05) is 0 Å². The Hall–Kier alpha value is -4.33. The highest BCUT2D eigenvalue weighted by Gasteiger charge is 2.11. The fourth-order valence-corrected chi connectivity index (χ4v) is 3.35. The normalized spacial score (nSPS) is 12.4. The number of imidazole rings is 1. The first-order valence-corrected chi connectivity index (χ1v) is 9.16. The molecule has 6 N–H and O–H groups in total. The predicted molar refractivity (Wildman–Crippen MR) is 116 cm³/mol. The summed E-state index contributed by atoms with van der Waals surface area (Å²) in [5.74, 6) is 0.120. The summed E-state index contributed by atoms with van der Waals surface area (Å²) < 4.78 is 1.87. The van der Waals surface area contributed by atoms with Crippen LogP contribution in [0.15, 0.2) is 77.3 Å². The average Bonchev–Trinajstić information content (AvgIpc) is 3.23. The van der Waals surface area contributed by atoms with Gasteiger partial charge in [0, 0.05) is 29.1 Å². The van der Waals surface area contributed by atoms with E-state index in [1.165, 1.54) is 0 Å². The van der Waals surface area contributed by atoms with Gasteiger partial charge in [-0.2, -0.15) is 0 Å². The average molecular weight is 400 g/mol. The second-order valence-electron chi connectivity index (χ2n) is 6.90. The zero-order valence-electron chi connectivity index (χ0n) is 16.2. The summed E-state index contributed by atoms with van der Waals surface area (Å²) in [6, 6.07) is 17.3. The molecule has 30 heavy (non-hydrogen) atoms. The summed E-state index contributed by atoms with van der Waals surface area (Å²) >= 11 is 0. The van der Waals surface area contributed by atoms with Crippen LogP contribution in [-0.4, -0.2) is 31.5 Å². The van der Waals surface area contributed by atoms with Crippen LogP contribution in [-0.2, 0) is 0 Å². The van der Waals surface area contributed by atoms with Crippen LogP contribution >= 0.6 is 0 Å². The molecule has 8 nitrogen and oxygen atoms in total. The maximum absolute atomic E-state index is 8.95. The molecule has 0 atom stereocenters. The summed E-state index contributed by atoms with van der Waals surface area (Å²) in [4.78, 5) is 4.75. The molecule has 0 radical (unpaired) electrons. The molecule has 2 heterocycles. The highest BCUT2D eigenvalue weighted by Crippen LogP contribution is 2.27. The van der Waals surface area contributed by atoms with Crippen LogP contribution in [0.5, 0.6) is 0 Å². The van der Waals surface area contributed by atoms with E-state index in [2.05, 4.69) is 16.4 Å². The first-order valence-electron chi connectivity index (χ1n) is 9.16. The second-order valence-corrected chi connectivity index (χ2v) is 6.90. The van der Waals surface area contributed by atoms with Gasteiger partial charge in [0.15, 0.2) is 11.7 Å². The molecular formula is C22H20N6O2. The number of fused-ring (bicyclic) bond motifs is 1. The van der Waals surface area contributed by atoms with Gasteiger partial charge in [-0.05, 0) is 35.7 Å². The lowest BCUT2D eigenvalue weighted by Crippen LogP contribution is -2.14. The third kappa shape index (κ3) is 3.42. The van der Waals surface area contributed by atoms with Crippen LogP contribution in [0.25, 0.3) is 28.0 Å². The van der Waals surface area contributed by atoms with Gasteiger partial charge >= 0.3 is 0 Å². The van der Waals surface area contributed by atoms with Gasteiger partial charge in [0.25, 0.3) is 0 Å². The standard InChI is InChI=1S/C22H20N6O2/c1-13-9-18(21(24)27-30)11-28-12-19(25-22(13)28)17-4-2-3-16(10-17)14-5-7-15(8-6-14)20(23)26-29/h2-12,29-30H,1H3,(H2,23,26)(H2,24,27). The van der Waals surface area contributed by atoms with Crippen LogP contribution in [0.3, 0.4) is 0 Å². The summed E-state index contributed by atoms with van der Waals surface area (Å²) in [7, 11) is 0. The molecule has 8 heteroatoms. The summed E-state index contributed by atoms with van der Waals surface area (Å²) in [5.41, 5.74) is 18.1. The molecule has 0 aliphatic carbocycles. The van der Waals surface area contributed by atoms with Crippen molar-refractivity contribution in [3.05, 3.63) is 83.7 Å². The molecule has 0 bridgehead atoms. The number of hydrogen-bond donors (Lipinski definition) is 4. The van der Waals surface area contributed by atoms with E-state index in [9.17, 15) is 0 Å². The SMILES string of the molecule is Cc1cc(C(N)=NO)cn2cc(-c3cccc(-c4ccc(C(N)=NO)cc4)c3)nc12. The summed E-state index contributed by atoms with van der Waals surface area (Å²) in [6.07, 6.45) is 3.70. The highest BCUT2D eigenvalue weighted by atomic mass is 16.4. The van der Waals surface area contributed by atoms with Crippen molar-refractivity contribution in [2.24, 2.45) is 21.8 Å². The third-order valence-corrected chi connectivity index (χ3v) is 4.92. The number of aryl methyl sites for hydroxylation is 1. The molecule has 0 amide bonds. The van der Waals surface area contributed by atoms with Crippen molar-refractivity contribution in [1.29, 1.82) is 0 Å². The van der Waals surface area contributed by atoms with Crippen LogP contribution < -0.4 is 11.5 Å². The molecule has 0 aliphatic heterocycles. The largest absolute Gasteiger partial charge is 0.409 e. The lowest BCUT2D eigenvalue weighted by Gasteiger charge is -2.05. The molecule has 0 fully saturated rings. The minimum absolute atomic E-state index is 0.0487. The highest BCUT2D eigenvalue weighted by molar-refractivity contribution is 5.98. The van der Waals surface area contributed by atoms with Gasteiger partial charge in [-0.15, -0.1) is 0 Å². The predicted octanol–water partition coefficient (Wildman–Crippen LogP) is 3.17. The van der Waals surface area contributed by atoms with Crippen molar-refractivity contribution in [2.45, 2.75) is 6.92 Å². The summed E-state index contributed by atoms with van der Waals surface area (Å²) in [6.45, 7) is 1.93. The number of pyridine rings is 1. The van der Waals surface area contributed by atoms with Gasteiger partial charge in [0.1, 0.15) is 5.65 Å². The van der Waals surface area contributed by atoms with Gasteiger partial charge in [-0.25, -0.2) is 4.98 Å². The smallest absolute Gasteiger partial charge is 0.171 e. The monoisotopic (exact) mass is 400 g/mol. The molecule has 0 aliphatic rings. The first-order chi connectivity index (χ1) is 14.5. The van der Waals surface area contributed by atoms with E-state index >= 15 is 0 Å². The van der Waals surface area contributed by atoms with Gasteiger partial charge in [0.2, 0.25) is 0 Å². The Balaban J connectivity index is 1.73. The van der Waals surface area contributed by atoms with Gasteiger partial charge in [0.05, 0.1) is 5.69 Å². The Labute approximate surface area is 172 Å². The Morgan fingerprint density at radius 3 is 2.20 bits per heavy atom. The topological polar surface area (TPSA) is 135 Å². The first kappa shape index (κ1) is 19.0. The van der Waals surface area contributed by atoms with Crippen molar-refractivity contribution in [1.82, 2.24) is 9.38 Å². The Bertz CT molecular complexity index is 1290. The third-order valence-electron chi connectivity index (χ3n) is 4.92. The number of aromatic nitrogens is 2. The number of nitrogens with two attached hydrogens (primary N) is 2. The van der Waals surface area contributed by atoms with Crippen molar-refractivity contribution < 1.29 is 10.4 Å². The Morgan fingerprint density at radius 2 is 1.50 bits per heavy atom. The molecule has 0 unspecified atom stereocenters. The Morgan fingerprint density at radius 1 is 0.833 bits per heavy atom. The van der Waals surface area contributed by atoms with E-state index in [0.29, 0.717) is 11.1 Å². The number of benzene rings is 2. The van der Waals surface area contributed by atoms with E-state index < -0.39 is 0 Å². The molecule has 0 saturated heterocycles. The fraction of sp³-hybridized carbons (Fsp3) is 0.0455. The number of oxime groups is 2. The van der Waals surface area contributed by atoms with Gasteiger partial charge < -0.3 is 26.3 Å². The molecule has 2 aromatic heterocycles. The zero-order chi connectivity index (χ0) is 21.3. The van der Waals surface area contributed by atoms with Crippen molar-refractivity contribution >= 4 is 17.3 Å². The quantitative estimate of drug-likeness (QED) is 0.181. The minimum atomic E-state index is 0.0487. The van der Waals surface area contributed by atoms with Gasteiger partial charge in [-0.1, -0.05) is 52.8 Å². The Kier molecular flexibility index (Phi) is 4.81. The molecule has 2 aromatic carbocycles. The molecule has 150 valence electrons. The van der Waals surface area contributed by atoms with Crippen LogP contribution in [0.2, 0.25) is 0 Å². The minimum Gasteiger partial charge on any atom is -0.409 e.